The standard InChI is InChI=1S/C41H33ClFN3O6/c1-3-22-4-15-28(16-5-22)45-37(48)30-18-17-29-31(35(30)39(45)50)21-32-38(49)46(44-27-13-11-26(43)12-14-27)40(51)41(32,24-7-9-25(42)10-8-24)36(29)23-6-19-34(52-2)33(47)20-23/h3-17,19-20,30-32,35-36,44,47H,1,18,21H2,2H3. The minimum Gasteiger partial charge on any atom is -0.504 e. The largest absolute Gasteiger partial charge is 0.504 e. The zero-order valence-corrected chi connectivity index (χ0v) is 28.7. The van der Waals surface area contributed by atoms with Gasteiger partial charge in [-0.25, -0.2) is 4.39 Å². The molecule has 0 spiro atoms. The third-order valence-corrected chi connectivity index (χ3v) is 11.4. The number of amides is 4. The maximum Gasteiger partial charge on any atom is 0.260 e. The molecule has 6 unspecified atom stereocenters. The number of carbonyl (C=O) groups is 4. The molecule has 2 N–H and O–H groups in total. The Kier molecular flexibility index (Phi) is 8.02. The molecule has 11 heteroatoms. The molecule has 4 aliphatic rings. The minimum absolute atomic E-state index is 0.0860. The normalized spacial score (nSPS) is 26.4. The van der Waals surface area contributed by atoms with Crippen LogP contribution in [0.1, 0.15) is 35.4 Å². The van der Waals surface area contributed by atoms with Crippen molar-refractivity contribution in [3.63, 3.8) is 0 Å². The lowest BCUT2D eigenvalue weighted by Crippen LogP contribution is -2.53. The molecule has 4 amide bonds. The van der Waals surface area contributed by atoms with Crippen LogP contribution in [0.15, 0.2) is 109 Å². The number of methoxy groups -OCH3 is 1. The van der Waals surface area contributed by atoms with E-state index in [1.807, 2.05) is 6.08 Å². The van der Waals surface area contributed by atoms with Crippen molar-refractivity contribution in [1.82, 2.24) is 5.01 Å². The molecule has 2 aliphatic carbocycles. The second-order valence-electron chi connectivity index (χ2n) is 13.6. The van der Waals surface area contributed by atoms with Gasteiger partial charge >= 0.3 is 0 Å². The molecule has 262 valence electrons. The number of ether oxygens (including phenoxy) is 1. The summed E-state index contributed by atoms with van der Waals surface area (Å²) in [6.45, 7) is 3.78. The monoisotopic (exact) mass is 717 g/mol. The Morgan fingerprint density at radius 2 is 1.63 bits per heavy atom. The highest BCUT2D eigenvalue weighted by atomic mass is 35.5. The van der Waals surface area contributed by atoms with Crippen molar-refractivity contribution in [1.29, 1.82) is 0 Å². The lowest BCUT2D eigenvalue weighted by Gasteiger charge is -2.50. The third-order valence-electron chi connectivity index (χ3n) is 11.2. The molecule has 52 heavy (non-hydrogen) atoms. The van der Waals surface area contributed by atoms with Crippen molar-refractivity contribution in [2.24, 2.45) is 23.7 Å². The highest BCUT2D eigenvalue weighted by Gasteiger charge is 2.70. The first-order chi connectivity index (χ1) is 25.1. The molecule has 2 aliphatic heterocycles. The van der Waals surface area contributed by atoms with Crippen LogP contribution < -0.4 is 15.1 Å². The van der Waals surface area contributed by atoms with Crippen LogP contribution >= 0.6 is 11.6 Å². The Morgan fingerprint density at radius 3 is 2.29 bits per heavy atom. The van der Waals surface area contributed by atoms with Crippen LogP contribution in [0, 0.1) is 29.5 Å². The summed E-state index contributed by atoms with van der Waals surface area (Å²) < 4.78 is 19.2. The molecule has 9 nitrogen and oxygen atoms in total. The molecule has 0 radical (unpaired) electrons. The van der Waals surface area contributed by atoms with E-state index in [-0.39, 0.29) is 36.2 Å². The van der Waals surface area contributed by atoms with Gasteiger partial charge in [0, 0.05) is 10.9 Å². The number of nitrogens with zero attached hydrogens (tertiary/aromatic N) is 2. The number of hydrogen-bond acceptors (Lipinski definition) is 7. The molecule has 0 bridgehead atoms. The van der Waals surface area contributed by atoms with Crippen LogP contribution in [-0.4, -0.2) is 40.9 Å². The van der Waals surface area contributed by atoms with E-state index in [9.17, 15) is 23.9 Å². The van der Waals surface area contributed by atoms with E-state index in [0.29, 0.717) is 27.5 Å². The highest BCUT2D eigenvalue weighted by Crippen LogP contribution is 2.64. The summed E-state index contributed by atoms with van der Waals surface area (Å²) in [5.41, 5.74) is 4.72. The topological polar surface area (TPSA) is 116 Å². The van der Waals surface area contributed by atoms with Gasteiger partial charge in [0.1, 0.15) is 5.82 Å². The number of hydrogen-bond donors (Lipinski definition) is 2. The molecule has 2 saturated heterocycles. The van der Waals surface area contributed by atoms with Crippen molar-refractivity contribution in [2.75, 3.05) is 17.4 Å². The van der Waals surface area contributed by atoms with E-state index in [0.717, 1.165) is 16.1 Å². The van der Waals surface area contributed by atoms with E-state index in [4.69, 9.17) is 16.3 Å². The first-order valence-electron chi connectivity index (χ1n) is 16.9. The number of phenolic OH excluding ortho intramolecular Hbond substituents is 1. The first kappa shape index (κ1) is 33.4. The van der Waals surface area contributed by atoms with Crippen LogP contribution in [0.5, 0.6) is 11.5 Å². The van der Waals surface area contributed by atoms with Gasteiger partial charge in [0.15, 0.2) is 11.5 Å². The number of rotatable bonds is 7. The first-order valence-corrected chi connectivity index (χ1v) is 17.3. The lowest BCUT2D eigenvalue weighted by molar-refractivity contribution is -0.138. The van der Waals surface area contributed by atoms with E-state index in [2.05, 4.69) is 12.0 Å². The predicted molar refractivity (Wildman–Crippen MR) is 193 cm³/mol. The van der Waals surface area contributed by atoms with E-state index >= 15 is 4.79 Å². The van der Waals surface area contributed by atoms with Gasteiger partial charge in [-0.1, -0.05) is 66.2 Å². The van der Waals surface area contributed by atoms with Gasteiger partial charge in [-0.2, -0.15) is 5.01 Å². The second-order valence-corrected chi connectivity index (χ2v) is 14.0. The Hall–Kier alpha value is -5.74. The third kappa shape index (κ3) is 4.88. The van der Waals surface area contributed by atoms with Gasteiger partial charge in [-0.15, -0.1) is 0 Å². The number of halogens is 2. The van der Waals surface area contributed by atoms with Crippen molar-refractivity contribution < 1.29 is 33.4 Å². The summed E-state index contributed by atoms with van der Waals surface area (Å²) in [5, 5.41) is 12.5. The molecule has 0 aromatic heterocycles. The number of benzene rings is 4. The fourth-order valence-electron chi connectivity index (χ4n) is 8.93. The van der Waals surface area contributed by atoms with Crippen LogP contribution in [0.3, 0.4) is 0 Å². The van der Waals surface area contributed by atoms with Gasteiger partial charge in [-0.3, -0.25) is 29.5 Å². The SMILES string of the molecule is C=Cc1ccc(N2C(=O)C3CC=C4C(CC5C(=O)N(Nc6ccc(F)cc6)C(=O)C5(c5ccc(Cl)cc5)C4c4ccc(OC)c(O)c4)C3C2=O)cc1. The molecule has 1 saturated carbocycles. The molecule has 4 aromatic carbocycles. The molecule has 6 atom stereocenters. The van der Waals surface area contributed by atoms with Crippen LogP contribution in [0.2, 0.25) is 5.02 Å². The maximum absolute atomic E-state index is 15.2. The number of hydrazine groups is 1. The molecular weight excluding hydrogens is 685 g/mol. The quantitative estimate of drug-likeness (QED) is 0.156. The number of carbonyl (C=O) groups excluding carboxylic acids is 4. The van der Waals surface area contributed by atoms with Crippen molar-refractivity contribution in [3.05, 3.63) is 137 Å². The zero-order valence-electron chi connectivity index (χ0n) is 28.0. The molecule has 2 heterocycles. The van der Waals surface area contributed by atoms with Crippen molar-refractivity contribution in [3.8, 4) is 11.5 Å². The summed E-state index contributed by atoms with van der Waals surface area (Å²) in [4.78, 5) is 59.7. The van der Waals surface area contributed by atoms with Crippen molar-refractivity contribution in [2.45, 2.75) is 24.2 Å². The van der Waals surface area contributed by atoms with E-state index in [1.54, 1.807) is 66.7 Å². The van der Waals surface area contributed by atoms with Crippen LogP contribution in [0.25, 0.3) is 6.08 Å². The van der Waals surface area contributed by atoms with Crippen LogP contribution in [0.4, 0.5) is 15.8 Å². The Labute approximate surface area is 303 Å². The molecule has 8 rings (SSSR count). The Balaban J connectivity index is 1.32. The van der Waals surface area contributed by atoms with Gasteiger partial charge in [0.05, 0.1) is 41.7 Å². The zero-order chi connectivity index (χ0) is 36.5. The van der Waals surface area contributed by atoms with Crippen molar-refractivity contribution >= 4 is 52.7 Å². The number of imide groups is 2. The number of phenols is 1. The average Bonchev–Trinajstić information content (AvgIpc) is 3.53. The maximum atomic E-state index is 15.2. The molecular formula is C41H33ClFN3O6. The average molecular weight is 718 g/mol. The van der Waals surface area contributed by atoms with Gasteiger partial charge in [0.2, 0.25) is 11.8 Å². The Morgan fingerprint density at radius 1 is 0.923 bits per heavy atom. The predicted octanol–water partition coefficient (Wildman–Crippen LogP) is 7.03. The minimum atomic E-state index is -1.57. The van der Waals surface area contributed by atoms with Gasteiger partial charge < -0.3 is 9.84 Å². The van der Waals surface area contributed by atoms with Gasteiger partial charge in [-0.05, 0) is 96.1 Å². The Bertz CT molecular complexity index is 2190. The number of aromatic hydroxyl groups is 1. The van der Waals surface area contributed by atoms with E-state index < -0.39 is 52.6 Å². The van der Waals surface area contributed by atoms with E-state index in [1.165, 1.54) is 42.3 Å². The fraction of sp³-hybridized carbons (Fsp3) is 0.220. The summed E-state index contributed by atoms with van der Waals surface area (Å²) >= 11 is 6.35. The fourth-order valence-corrected chi connectivity index (χ4v) is 9.06. The number of nitrogens with one attached hydrogen (secondary N) is 1. The molecule has 3 fully saturated rings. The van der Waals surface area contributed by atoms with Gasteiger partial charge in [0.25, 0.3) is 11.8 Å². The highest BCUT2D eigenvalue weighted by molar-refractivity contribution is 6.30. The lowest BCUT2D eigenvalue weighted by atomic mass is 9.49. The number of fused-ring (bicyclic) bond motifs is 4. The summed E-state index contributed by atoms with van der Waals surface area (Å²) in [7, 11) is 1.43. The number of allylic oxidation sites excluding steroid dienone is 2. The molecule has 4 aromatic rings. The second kappa shape index (κ2) is 12.5. The van der Waals surface area contributed by atoms with Crippen LogP contribution in [-0.2, 0) is 24.6 Å². The summed E-state index contributed by atoms with van der Waals surface area (Å²) in [6.07, 6.45) is 3.94. The summed E-state index contributed by atoms with van der Waals surface area (Å²) in [6, 6.07) is 23.9. The summed E-state index contributed by atoms with van der Waals surface area (Å²) in [5.74, 6) is -6.19. The smallest absolute Gasteiger partial charge is 0.260 e. The number of anilines is 2.